The topological polar surface area (TPSA) is 66.4 Å². The number of ether oxygens (including phenoxy) is 4. The van der Waals surface area contributed by atoms with Gasteiger partial charge in [-0.15, -0.1) is 0 Å². The lowest BCUT2D eigenvalue weighted by atomic mass is 10.1. The molecule has 42 heavy (non-hydrogen) atoms. The molecule has 0 fully saturated rings. The third-order valence-electron chi connectivity index (χ3n) is 6.72. The first-order valence-corrected chi connectivity index (χ1v) is 14.2. The van der Waals surface area contributed by atoms with Crippen LogP contribution in [0.3, 0.4) is 0 Å². The molecule has 2 atom stereocenters. The Balaban J connectivity index is 1.49. The second kappa shape index (κ2) is 12.3. The summed E-state index contributed by atoms with van der Waals surface area (Å²) < 4.78 is 77.5. The van der Waals surface area contributed by atoms with Crippen molar-refractivity contribution < 1.29 is 36.3 Å². The Kier molecular flexibility index (Phi) is 8.54. The zero-order chi connectivity index (χ0) is 29.9. The van der Waals surface area contributed by atoms with E-state index in [4.69, 9.17) is 18.9 Å². The normalized spacial score (nSPS) is 15.5. The van der Waals surface area contributed by atoms with Crippen LogP contribution in [0.25, 0.3) is 0 Å². The Labute approximate surface area is 244 Å². The number of aliphatic imine (C=N–C) groups is 1. The van der Waals surface area contributed by atoms with Gasteiger partial charge in [0.2, 0.25) is 11.6 Å². The molecule has 0 N–H and O–H groups in total. The van der Waals surface area contributed by atoms with Crippen molar-refractivity contribution in [1.29, 1.82) is 0 Å². The third kappa shape index (κ3) is 6.28. The van der Waals surface area contributed by atoms with E-state index in [-0.39, 0.29) is 23.0 Å². The molecule has 0 saturated carbocycles. The van der Waals surface area contributed by atoms with Gasteiger partial charge in [-0.25, -0.2) is 9.20 Å². The van der Waals surface area contributed by atoms with E-state index in [2.05, 4.69) is 4.99 Å². The van der Waals surface area contributed by atoms with Crippen LogP contribution < -0.4 is 14.2 Å². The highest BCUT2D eigenvalue weighted by atomic mass is 32.2. The molecule has 4 aromatic carbocycles. The lowest BCUT2D eigenvalue weighted by Crippen LogP contribution is -2.11. The molecule has 0 saturated heterocycles. The minimum Gasteiger partial charge on any atom is -0.493 e. The number of hydrogen-bond acceptors (Lipinski definition) is 6. The zero-order valence-corrected chi connectivity index (χ0v) is 23.9. The van der Waals surface area contributed by atoms with Crippen LogP contribution in [0.2, 0.25) is 0 Å². The maximum Gasteiger partial charge on any atom is 0.416 e. The molecule has 1 aliphatic rings. The van der Waals surface area contributed by atoms with E-state index in [9.17, 15) is 17.4 Å². The van der Waals surface area contributed by atoms with E-state index in [0.29, 0.717) is 34.3 Å². The van der Waals surface area contributed by atoms with Crippen molar-refractivity contribution in [2.24, 2.45) is 4.99 Å². The summed E-state index contributed by atoms with van der Waals surface area (Å²) in [7, 11) is 1.12. The second-order valence-corrected chi connectivity index (χ2v) is 11.0. The lowest BCUT2D eigenvalue weighted by Gasteiger charge is -2.17. The van der Waals surface area contributed by atoms with Crippen LogP contribution in [0.4, 0.5) is 13.2 Å². The molecule has 1 heterocycles. The number of rotatable bonds is 9. The predicted octanol–water partition coefficient (Wildman–Crippen LogP) is 7.29. The fraction of sp³-hybridized carbons (Fsp3) is 0.219. The smallest absolute Gasteiger partial charge is 0.416 e. The van der Waals surface area contributed by atoms with Gasteiger partial charge in [-0.1, -0.05) is 48.0 Å². The average Bonchev–Trinajstić information content (AvgIpc) is 3.49. The van der Waals surface area contributed by atoms with Crippen LogP contribution >= 0.6 is 0 Å². The molecule has 1 unspecified atom stereocenters. The summed E-state index contributed by atoms with van der Waals surface area (Å²) in [6.07, 6.45) is -4.61. The zero-order valence-electron chi connectivity index (χ0n) is 23.1. The van der Waals surface area contributed by atoms with Gasteiger partial charge < -0.3 is 18.9 Å². The van der Waals surface area contributed by atoms with Crippen molar-refractivity contribution >= 4 is 16.7 Å². The molecule has 10 heteroatoms. The number of nitrogens with zero attached hydrogens (tertiary/aromatic N) is 1. The lowest BCUT2D eigenvalue weighted by molar-refractivity contribution is -0.137. The van der Waals surface area contributed by atoms with Gasteiger partial charge in [0.05, 0.1) is 41.0 Å². The summed E-state index contributed by atoms with van der Waals surface area (Å²) in [5.41, 5.74) is 1.93. The minimum absolute atomic E-state index is 0.0344. The van der Waals surface area contributed by atoms with E-state index in [1.165, 1.54) is 20.3 Å². The molecule has 6 nitrogen and oxygen atoms in total. The molecule has 0 aliphatic carbocycles. The second-order valence-electron chi connectivity index (χ2n) is 9.58. The minimum atomic E-state index is -4.61. The number of benzene rings is 4. The number of halogens is 3. The molecular weight excluding hydrogens is 567 g/mol. The molecular formula is C32H28F3NO5S. The van der Waals surface area contributed by atoms with E-state index < -0.39 is 28.6 Å². The van der Waals surface area contributed by atoms with Crippen molar-refractivity contribution in [2.75, 3.05) is 20.8 Å². The Hall–Kier alpha value is -4.31. The fourth-order valence-corrected chi connectivity index (χ4v) is 5.70. The molecule has 5 rings (SSSR count). The van der Waals surface area contributed by atoms with Gasteiger partial charge in [-0.2, -0.15) is 13.2 Å². The Morgan fingerprint density at radius 2 is 1.60 bits per heavy atom. The van der Waals surface area contributed by atoms with E-state index in [1.807, 2.05) is 37.3 Å². The van der Waals surface area contributed by atoms with E-state index in [1.54, 1.807) is 36.4 Å². The number of methoxy groups -OCH3 is 2. The number of hydrogen-bond donors (Lipinski definition) is 0. The molecule has 0 bridgehead atoms. The number of aryl methyl sites for hydroxylation is 1. The monoisotopic (exact) mass is 595 g/mol. The maximum atomic E-state index is 13.6. The molecule has 0 radical (unpaired) electrons. The van der Waals surface area contributed by atoms with Gasteiger partial charge >= 0.3 is 6.18 Å². The van der Waals surface area contributed by atoms with Crippen molar-refractivity contribution in [3.05, 3.63) is 113 Å². The summed E-state index contributed by atoms with van der Waals surface area (Å²) in [4.78, 5) is 5.01. The standard InChI is InChI=1S/C32H28F3NO5S/c1-20-9-12-24(13-10-20)42(37)29-17-23(32(33,34)35)11-14-25(29)31-36-26(19-41-31)22-15-27(38-2)30(28(16-22)39-3)40-18-21-7-5-4-6-8-21/h4-17,26H,18-19H2,1-3H3/t26-,42?/m1/s1. The van der Waals surface area contributed by atoms with Gasteiger partial charge in [0.25, 0.3) is 0 Å². The van der Waals surface area contributed by atoms with E-state index in [0.717, 1.165) is 23.3 Å². The fourth-order valence-electron chi connectivity index (χ4n) is 4.47. The summed E-state index contributed by atoms with van der Waals surface area (Å²) in [6, 6.07) is 22.5. The van der Waals surface area contributed by atoms with Gasteiger partial charge in [0, 0.05) is 4.90 Å². The first-order valence-electron chi connectivity index (χ1n) is 13.0. The van der Waals surface area contributed by atoms with Gasteiger partial charge in [0.1, 0.15) is 19.3 Å². The number of alkyl halides is 3. The van der Waals surface area contributed by atoms with Crippen molar-refractivity contribution in [2.45, 2.75) is 35.5 Å². The van der Waals surface area contributed by atoms with Crippen LogP contribution in [0.1, 0.15) is 33.9 Å². The van der Waals surface area contributed by atoms with Gasteiger partial charge in [-0.3, -0.25) is 0 Å². The van der Waals surface area contributed by atoms with Crippen LogP contribution in [0.15, 0.2) is 99.7 Å². The summed E-state index contributed by atoms with van der Waals surface area (Å²) >= 11 is 0. The molecule has 1 aliphatic heterocycles. The van der Waals surface area contributed by atoms with Crippen LogP contribution in [-0.4, -0.2) is 30.9 Å². The maximum absolute atomic E-state index is 13.6. The molecule has 0 spiro atoms. The third-order valence-corrected chi connectivity index (χ3v) is 8.16. The average molecular weight is 596 g/mol. The highest BCUT2D eigenvalue weighted by Gasteiger charge is 2.34. The Morgan fingerprint density at radius 1 is 0.929 bits per heavy atom. The van der Waals surface area contributed by atoms with Gasteiger partial charge in [-0.05, 0) is 60.5 Å². The molecule has 0 aromatic heterocycles. The first-order chi connectivity index (χ1) is 20.2. The highest BCUT2D eigenvalue weighted by molar-refractivity contribution is 7.85. The summed E-state index contributed by atoms with van der Waals surface area (Å²) in [6.45, 7) is 2.29. The SMILES string of the molecule is COc1cc([C@H]2COC(c3ccc(C(F)(F)F)cc3S(=O)c3ccc(C)cc3)=N2)cc(OC)c1OCc1ccccc1. The highest BCUT2D eigenvalue weighted by Crippen LogP contribution is 2.42. The largest absolute Gasteiger partial charge is 0.493 e. The molecule has 0 amide bonds. The summed E-state index contributed by atoms with van der Waals surface area (Å²) in [5.74, 6) is 1.39. The van der Waals surface area contributed by atoms with Crippen molar-refractivity contribution in [3.8, 4) is 17.2 Å². The molecule has 218 valence electrons. The van der Waals surface area contributed by atoms with Crippen LogP contribution in [0.5, 0.6) is 17.2 Å². The predicted molar refractivity (Wildman–Crippen MR) is 153 cm³/mol. The molecule has 4 aromatic rings. The Bertz CT molecular complexity index is 1600. The van der Waals surface area contributed by atoms with E-state index >= 15 is 0 Å². The van der Waals surface area contributed by atoms with Crippen LogP contribution in [-0.2, 0) is 28.3 Å². The summed E-state index contributed by atoms with van der Waals surface area (Å²) in [5, 5.41) is 0. The van der Waals surface area contributed by atoms with Gasteiger partial charge in [0.15, 0.2) is 11.5 Å². The first kappa shape index (κ1) is 29.2. The quantitative estimate of drug-likeness (QED) is 0.203. The van der Waals surface area contributed by atoms with Crippen molar-refractivity contribution in [1.82, 2.24) is 0 Å². The van der Waals surface area contributed by atoms with Crippen LogP contribution in [0, 0.1) is 6.92 Å². The van der Waals surface area contributed by atoms with Crippen molar-refractivity contribution in [3.63, 3.8) is 0 Å². The Morgan fingerprint density at radius 3 is 2.21 bits per heavy atom.